The van der Waals surface area contributed by atoms with Gasteiger partial charge in [0.2, 0.25) is 5.76 Å². The molecule has 1 heterocycles. The molecule has 1 N–H and O–H groups in total. The van der Waals surface area contributed by atoms with Crippen molar-refractivity contribution in [3.63, 3.8) is 0 Å². The molecule has 0 saturated heterocycles. The first-order valence-electron chi connectivity index (χ1n) is 4.73. The molecule has 16 heavy (non-hydrogen) atoms. The van der Waals surface area contributed by atoms with Crippen LogP contribution in [0.3, 0.4) is 0 Å². The fourth-order valence-corrected chi connectivity index (χ4v) is 2.17. The van der Waals surface area contributed by atoms with Crippen molar-refractivity contribution in [1.82, 2.24) is 0 Å². The van der Waals surface area contributed by atoms with Crippen molar-refractivity contribution >= 4 is 16.8 Å². The molecule has 0 saturated carbocycles. The summed E-state index contributed by atoms with van der Waals surface area (Å²) in [7, 11) is -1.32. The zero-order valence-electron chi connectivity index (χ0n) is 8.51. The Balaban J connectivity index is 2.47. The van der Waals surface area contributed by atoms with Crippen molar-refractivity contribution in [2.75, 3.05) is 5.75 Å². The summed E-state index contributed by atoms with van der Waals surface area (Å²) in [5.41, 5.74) is 0. The largest absolute Gasteiger partial charge is 0.475 e. The molecular weight excluding hydrogens is 230 g/mol. The molecule has 5 nitrogen and oxygen atoms in total. The van der Waals surface area contributed by atoms with Crippen LogP contribution in [0.1, 0.15) is 29.8 Å². The van der Waals surface area contributed by atoms with E-state index in [1.807, 2.05) is 6.07 Å². The van der Waals surface area contributed by atoms with Gasteiger partial charge in [-0.3, -0.25) is 4.21 Å². The molecule has 0 bridgehead atoms. The Morgan fingerprint density at radius 1 is 1.50 bits per heavy atom. The van der Waals surface area contributed by atoms with Gasteiger partial charge < -0.3 is 9.52 Å². The number of hydrogen-bond acceptors (Lipinski definition) is 4. The second-order valence-corrected chi connectivity index (χ2v) is 4.59. The summed E-state index contributed by atoms with van der Waals surface area (Å²) in [6.45, 7) is 0. The van der Waals surface area contributed by atoms with Crippen molar-refractivity contribution in [3.05, 3.63) is 17.9 Å². The molecule has 0 aliphatic carbocycles. The number of nitriles is 1. The minimum absolute atomic E-state index is 0.175. The van der Waals surface area contributed by atoms with E-state index in [1.54, 1.807) is 0 Å². The average molecular weight is 241 g/mol. The Morgan fingerprint density at radius 3 is 2.81 bits per heavy atom. The lowest BCUT2D eigenvalue weighted by Crippen LogP contribution is -1.97. The SMILES string of the molecule is N#CCCCCS(=O)c1ccc(C(=O)O)o1. The molecular formula is C10H11NO4S. The van der Waals surface area contributed by atoms with Crippen LogP contribution in [0.2, 0.25) is 0 Å². The molecule has 1 aromatic heterocycles. The quantitative estimate of drug-likeness (QED) is 0.766. The first-order valence-corrected chi connectivity index (χ1v) is 6.05. The molecule has 0 aliphatic heterocycles. The van der Waals surface area contributed by atoms with Crippen LogP contribution in [0.5, 0.6) is 0 Å². The summed E-state index contributed by atoms with van der Waals surface area (Å²) >= 11 is 0. The van der Waals surface area contributed by atoms with E-state index >= 15 is 0 Å². The van der Waals surface area contributed by atoms with Crippen molar-refractivity contribution < 1.29 is 18.5 Å². The number of carboxylic acid groups (broad SMARTS) is 1. The summed E-state index contributed by atoms with van der Waals surface area (Å²) in [6, 6.07) is 4.69. The molecule has 1 atom stereocenters. The molecule has 0 radical (unpaired) electrons. The van der Waals surface area contributed by atoms with Gasteiger partial charge in [0.25, 0.3) is 0 Å². The molecule has 86 valence electrons. The Bertz CT molecular complexity index is 432. The van der Waals surface area contributed by atoms with Crippen LogP contribution in [0.15, 0.2) is 21.6 Å². The topological polar surface area (TPSA) is 91.3 Å². The van der Waals surface area contributed by atoms with Gasteiger partial charge >= 0.3 is 5.97 Å². The summed E-state index contributed by atoms with van der Waals surface area (Å²) < 4.78 is 16.5. The van der Waals surface area contributed by atoms with Crippen LogP contribution in [0.4, 0.5) is 0 Å². The Morgan fingerprint density at radius 2 is 2.25 bits per heavy atom. The van der Waals surface area contributed by atoms with Gasteiger partial charge in [0.05, 0.1) is 16.9 Å². The molecule has 0 fully saturated rings. The van der Waals surface area contributed by atoms with Gasteiger partial charge in [0, 0.05) is 12.2 Å². The summed E-state index contributed by atoms with van der Waals surface area (Å²) in [4.78, 5) is 10.5. The van der Waals surface area contributed by atoms with E-state index in [4.69, 9.17) is 14.8 Å². The van der Waals surface area contributed by atoms with Crippen LogP contribution < -0.4 is 0 Å². The van der Waals surface area contributed by atoms with E-state index in [0.717, 1.165) is 0 Å². The normalized spacial score (nSPS) is 11.9. The summed E-state index contributed by atoms with van der Waals surface area (Å²) in [6.07, 6.45) is 1.79. The van der Waals surface area contributed by atoms with E-state index in [-0.39, 0.29) is 10.9 Å². The number of aromatic carboxylic acids is 1. The first kappa shape index (κ1) is 12.5. The van der Waals surface area contributed by atoms with Crippen LogP contribution in [-0.4, -0.2) is 21.0 Å². The van der Waals surface area contributed by atoms with Gasteiger partial charge in [-0.15, -0.1) is 0 Å². The molecule has 1 unspecified atom stereocenters. The van der Waals surface area contributed by atoms with Gasteiger partial charge in [-0.05, 0) is 25.0 Å². The van der Waals surface area contributed by atoms with E-state index in [9.17, 15) is 9.00 Å². The number of carboxylic acids is 1. The van der Waals surface area contributed by atoms with E-state index in [1.165, 1.54) is 12.1 Å². The van der Waals surface area contributed by atoms with Crippen molar-refractivity contribution in [3.8, 4) is 6.07 Å². The lowest BCUT2D eigenvalue weighted by Gasteiger charge is -1.96. The zero-order chi connectivity index (χ0) is 12.0. The Labute approximate surface area is 95.1 Å². The predicted molar refractivity (Wildman–Crippen MR) is 56.4 cm³/mol. The fraction of sp³-hybridized carbons (Fsp3) is 0.400. The maximum atomic E-state index is 11.6. The highest BCUT2D eigenvalue weighted by Gasteiger charge is 2.13. The Hall–Kier alpha value is -1.61. The molecule has 0 aliphatic rings. The highest BCUT2D eigenvalue weighted by molar-refractivity contribution is 7.84. The average Bonchev–Trinajstić information content (AvgIpc) is 2.73. The molecule has 0 spiro atoms. The highest BCUT2D eigenvalue weighted by atomic mass is 32.2. The lowest BCUT2D eigenvalue weighted by molar-refractivity contribution is 0.0656. The minimum atomic E-state index is -1.32. The number of nitrogens with zero attached hydrogens (tertiary/aromatic N) is 1. The summed E-state index contributed by atoms with van der Waals surface area (Å²) in [5.74, 6) is -0.998. The predicted octanol–water partition coefficient (Wildman–Crippen LogP) is 1.78. The van der Waals surface area contributed by atoms with Gasteiger partial charge in [-0.1, -0.05) is 0 Å². The molecule has 0 amide bonds. The molecule has 0 aromatic carbocycles. The van der Waals surface area contributed by atoms with Crippen LogP contribution in [-0.2, 0) is 10.8 Å². The van der Waals surface area contributed by atoms with Crippen LogP contribution in [0, 0.1) is 11.3 Å². The van der Waals surface area contributed by atoms with Crippen LogP contribution in [0.25, 0.3) is 0 Å². The van der Waals surface area contributed by atoms with Gasteiger partial charge in [-0.25, -0.2) is 4.79 Å². The fourth-order valence-electron chi connectivity index (χ4n) is 1.10. The third kappa shape index (κ3) is 3.51. The first-order chi connectivity index (χ1) is 7.65. The number of rotatable bonds is 6. The van der Waals surface area contributed by atoms with Gasteiger partial charge in [0.15, 0.2) is 5.09 Å². The monoisotopic (exact) mass is 241 g/mol. The van der Waals surface area contributed by atoms with E-state index in [0.29, 0.717) is 25.0 Å². The highest BCUT2D eigenvalue weighted by Crippen LogP contribution is 2.13. The second kappa shape index (κ2) is 6.08. The lowest BCUT2D eigenvalue weighted by atomic mass is 10.3. The molecule has 6 heteroatoms. The van der Waals surface area contributed by atoms with Gasteiger partial charge in [-0.2, -0.15) is 5.26 Å². The molecule has 1 aromatic rings. The van der Waals surface area contributed by atoms with Crippen molar-refractivity contribution in [1.29, 1.82) is 5.26 Å². The standard InChI is InChI=1S/C10H11NO4S/c11-6-2-1-3-7-16(14)9-5-4-8(15-9)10(12)13/h4-5H,1-3,7H2,(H,12,13). The van der Waals surface area contributed by atoms with Crippen molar-refractivity contribution in [2.24, 2.45) is 0 Å². The smallest absolute Gasteiger partial charge is 0.371 e. The van der Waals surface area contributed by atoms with Gasteiger partial charge in [0.1, 0.15) is 0 Å². The second-order valence-electron chi connectivity index (χ2n) is 3.09. The van der Waals surface area contributed by atoms with Crippen LogP contribution >= 0.6 is 0 Å². The third-order valence-corrected chi connectivity index (χ3v) is 3.21. The maximum absolute atomic E-state index is 11.6. The number of unbranched alkanes of at least 4 members (excludes halogenated alkanes) is 2. The van der Waals surface area contributed by atoms with E-state index < -0.39 is 16.8 Å². The molecule has 1 rings (SSSR count). The number of hydrogen-bond donors (Lipinski definition) is 1. The zero-order valence-corrected chi connectivity index (χ0v) is 9.33. The maximum Gasteiger partial charge on any atom is 0.371 e. The Kier molecular flexibility index (Phi) is 4.73. The van der Waals surface area contributed by atoms with E-state index in [2.05, 4.69) is 0 Å². The number of carbonyl (C=O) groups is 1. The van der Waals surface area contributed by atoms with Crippen molar-refractivity contribution in [2.45, 2.75) is 24.4 Å². The third-order valence-electron chi connectivity index (χ3n) is 1.88. The number of furan rings is 1. The minimum Gasteiger partial charge on any atom is -0.475 e. The summed E-state index contributed by atoms with van der Waals surface area (Å²) in [5, 5.41) is 17.1.